The van der Waals surface area contributed by atoms with Crippen LogP contribution in [0.4, 0.5) is 0 Å². The molecule has 82 valence electrons. The molecular formula is C12H18N2O. The number of aromatic nitrogens is 2. The number of aromatic amines is 1. The number of hydrogen-bond donors (Lipinski definition) is 1. The lowest BCUT2D eigenvalue weighted by Gasteiger charge is -2.03. The first-order chi connectivity index (χ1) is 7.24. The average Bonchev–Trinajstić information content (AvgIpc) is 2.64. The SMILES string of the molecule is CC.CCn1c(=O)ccc2[nH]cc(C)c21. The van der Waals surface area contributed by atoms with Crippen LogP contribution in [0.25, 0.3) is 11.0 Å². The van der Waals surface area contributed by atoms with Crippen LogP contribution in [-0.4, -0.2) is 9.55 Å². The van der Waals surface area contributed by atoms with Gasteiger partial charge in [0.15, 0.2) is 0 Å². The van der Waals surface area contributed by atoms with Crippen LogP contribution in [0.5, 0.6) is 0 Å². The summed E-state index contributed by atoms with van der Waals surface area (Å²) in [6, 6.07) is 3.43. The third-order valence-electron chi connectivity index (χ3n) is 2.32. The number of pyridine rings is 1. The van der Waals surface area contributed by atoms with Crippen molar-refractivity contribution in [1.82, 2.24) is 9.55 Å². The number of fused-ring (bicyclic) bond motifs is 1. The van der Waals surface area contributed by atoms with E-state index in [0.29, 0.717) is 0 Å². The molecule has 0 atom stereocenters. The van der Waals surface area contributed by atoms with Crippen LogP contribution >= 0.6 is 0 Å². The predicted octanol–water partition coefficient (Wildman–Crippen LogP) is 2.68. The van der Waals surface area contributed by atoms with Crippen molar-refractivity contribution in [3.05, 3.63) is 34.2 Å². The molecule has 0 saturated heterocycles. The van der Waals surface area contributed by atoms with E-state index in [-0.39, 0.29) is 5.56 Å². The van der Waals surface area contributed by atoms with Crippen molar-refractivity contribution in [2.75, 3.05) is 0 Å². The van der Waals surface area contributed by atoms with E-state index in [1.165, 1.54) is 0 Å². The van der Waals surface area contributed by atoms with E-state index in [1.807, 2.05) is 40.0 Å². The standard InChI is InChI=1S/C10H12N2O.C2H6/c1-3-12-9(13)5-4-8-10(12)7(2)6-11-8;1-2/h4-6,11H,3H2,1-2H3;1-2H3. The molecule has 0 fully saturated rings. The summed E-state index contributed by atoms with van der Waals surface area (Å²) in [5.41, 5.74) is 3.24. The van der Waals surface area contributed by atoms with Gasteiger partial charge in [0.25, 0.3) is 5.56 Å². The molecule has 0 bridgehead atoms. The molecule has 0 unspecified atom stereocenters. The van der Waals surface area contributed by atoms with Crippen molar-refractivity contribution in [3.8, 4) is 0 Å². The molecule has 0 aliphatic carbocycles. The zero-order valence-electron chi connectivity index (χ0n) is 9.79. The van der Waals surface area contributed by atoms with Crippen LogP contribution in [0.2, 0.25) is 0 Å². The number of nitrogens with zero attached hydrogens (tertiary/aromatic N) is 1. The number of rotatable bonds is 1. The summed E-state index contributed by atoms with van der Waals surface area (Å²) in [7, 11) is 0. The highest BCUT2D eigenvalue weighted by atomic mass is 16.1. The zero-order chi connectivity index (χ0) is 11.4. The summed E-state index contributed by atoms with van der Waals surface area (Å²) < 4.78 is 1.78. The molecule has 2 aromatic heterocycles. The summed E-state index contributed by atoms with van der Waals surface area (Å²) >= 11 is 0. The smallest absolute Gasteiger partial charge is 0.251 e. The van der Waals surface area contributed by atoms with Crippen molar-refractivity contribution < 1.29 is 0 Å². The molecule has 3 nitrogen and oxygen atoms in total. The Kier molecular flexibility index (Phi) is 3.72. The molecule has 0 radical (unpaired) electrons. The minimum atomic E-state index is 0.0673. The Balaban J connectivity index is 0.000000531. The second-order valence-corrected chi connectivity index (χ2v) is 3.15. The Bertz CT molecular complexity index is 494. The van der Waals surface area contributed by atoms with Crippen LogP contribution in [0.3, 0.4) is 0 Å². The van der Waals surface area contributed by atoms with Crippen LogP contribution < -0.4 is 5.56 Å². The first-order valence-electron chi connectivity index (χ1n) is 5.41. The maximum Gasteiger partial charge on any atom is 0.251 e. The molecule has 15 heavy (non-hydrogen) atoms. The van der Waals surface area contributed by atoms with Gasteiger partial charge in [0.05, 0.1) is 11.0 Å². The van der Waals surface area contributed by atoms with Gasteiger partial charge in [0.2, 0.25) is 0 Å². The summed E-state index contributed by atoms with van der Waals surface area (Å²) in [5.74, 6) is 0. The van der Waals surface area contributed by atoms with E-state index in [2.05, 4.69) is 4.98 Å². The Morgan fingerprint density at radius 3 is 2.60 bits per heavy atom. The number of H-pyrrole nitrogens is 1. The van der Waals surface area contributed by atoms with Gasteiger partial charge in [0, 0.05) is 18.8 Å². The molecule has 2 aromatic rings. The van der Waals surface area contributed by atoms with E-state index in [0.717, 1.165) is 23.1 Å². The molecule has 0 saturated carbocycles. The number of aryl methyl sites for hydroxylation is 2. The van der Waals surface area contributed by atoms with Gasteiger partial charge in [-0.3, -0.25) is 4.79 Å². The molecule has 2 heterocycles. The molecule has 3 heteroatoms. The largest absolute Gasteiger partial charge is 0.360 e. The van der Waals surface area contributed by atoms with Gasteiger partial charge in [-0.1, -0.05) is 13.8 Å². The fourth-order valence-corrected chi connectivity index (χ4v) is 1.69. The molecule has 2 rings (SSSR count). The second-order valence-electron chi connectivity index (χ2n) is 3.15. The maximum absolute atomic E-state index is 11.5. The fraction of sp³-hybridized carbons (Fsp3) is 0.417. The predicted molar refractivity (Wildman–Crippen MR) is 64.3 cm³/mol. The lowest BCUT2D eigenvalue weighted by Crippen LogP contribution is -2.17. The van der Waals surface area contributed by atoms with Gasteiger partial charge >= 0.3 is 0 Å². The quantitative estimate of drug-likeness (QED) is 0.765. The van der Waals surface area contributed by atoms with E-state index >= 15 is 0 Å². The van der Waals surface area contributed by atoms with E-state index in [1.54, 1.807) is 10.6 Å². The van der Waals surface area contributed by atoms with Gasteiger partial charge in [-0.05, 0) is 25.5 Å². The number of nitrogens with one attached hydrogen (secondary N) is 1. The van der Waals surface area contributed by atoms with Gasteiger partial charge in [-0.2, -0.15) is 0 Å². The summed E-state index contributed by atoms with van der Waals surface area (Å²) in [6.45, 7) is 8.70. The van der Waals surface area contributed by atoms with Crippen molar-refractivity contribution in [2.24, 2.45) is 0 Å². The van der Waals surface area contributed by atoms with Crippen LogP contribution in [0.15, 0.2) is 23.1 Å². The Hall–Kier alpha value is -1.51. The van der Waals surface area contributed by atoms with Crippen LogP contribution in [-0.2, 0) is 6.54 Å². The Labute approximate surface area is 89.7 Å². The van der Waals surface area contributed by atoms with Gasteiger partial charge in [0.1, 0.15) is 0 Å². The van der Waals surface area contributed by atoms with Crippen molar-refractivity contribution in [2.45, 2.75) is 34.2 Å². The lowest BCUT2D eigenvalue weighted by molar-refractivity contribution is 0.758. The maximum atomic E-state index is 11.5. The van der Waals surface area contributed by atoms with Gasteiger partial charge in [-0.15, -0.1) is 0 Å². The van der Waals surface area contributed by atoms with Crippen molar-refractivity contribution >= 4 is 11.0 Å². The summed E-state index contributed by atoms with van der Waals surface area (Å²) in [6.07, 6.45) is 1.93. The molecular weight excluding hydrogens is 188 g/mol. The molecule has 0 amide bonds. The molecule has 1 N–H and O–H groups in total. The first-order valence-corrected chi connectivity index (χ1v) is 5.41. The third-order valence-corrected chi connectivity index (χ3v) is 2.32. The highest BCUT2D eigenvalue weighted by Gasteiger charge is 2.04. The molecule has 0 aliphatic heterocycles. The molecule has 0 spiro atoms. The third kappa shape index (κ3) is 1.96. The number of hydrogen-bond acceptors (Lipinski definition) is 1. The average molecular weight is 206 g/mol. The van der Waals surface area contributed by atoms with E-state index in [9.17, 15) is 4.79 Å². The van der Waals surface area contributed by atoms with Crippen molar-refractivity contribution in [1.29, 1.82) is 0 Å². The van der Waals surface area contributed by atoms with Crippen molar-refractivity contribution in [3.63, 3.8) is 0 Å². The van der Waals surface area contributed by atoms with E-state index < -0.39 is 0 Å². The van der Waals surface area contributed by atoms with Gasteiger partial charge < -0.3 is 9.55 Å². The highest BCUT2D eigenvalue weighted by Crippen LogP contribution is 2.14. The first kappa shape index (κ1) is 11.6. The molecule has 0 aliphatic rings. The monoisotopic (exact) mass is 206 g/mol. The minimum absolute atomic E-state index is 0.0673. The second kappa shape index (κ2) is 4.82. The zero-order valence-corrected chi connectivity index (χ0v) is 9.79. The summed E-state index contributed by atoms with van der Waals surface area (Å²) in [4.78, 5) is 14.6. The highest BCUT2D eigenvalue weighted by molar-refractivity contribution is 5.78. The summed E-state index contributed by atoms with van der Waals surface area (Å²) in [5, 5.41) is 0. The topological polar surface area (TPSA) is 37.8 Å². The normalized spacial score (nSPS) is 9.87. The van der Waals surface area contributed by atoms with Crippen LogP contribution in [0.1, 0.15) is 26.3 Å². The van der Waals surface area contributed by atoms with Gasteiger partial charge in [-0.25, -0.2) is 0 Å². The Morgan fingerprint density at radius 1 is 1.33 bits per heavy atom. The minimum Gasteiger partial charge on any atom is -0.360 e. The Morgan fingerprint density at radius 2 is 2.00 bits per heavy atom. The fourth-order valence-electron chi connectivity index (χ4n) is 1.69. The molecule has 0 aromatic carbocycles. The van der Waals surface area contributed by atoms with Crippen LogP contribution in [0, 0.1) is 6.92 Å². The lowest BCUT2D eigenvalue weighted by atomic mass is 10.3. The van der Waals surface area contributed by atoms with E-state index in [4.69, 9.17) is 0 Å².